The van der Waals surface area contributed by atoms with Gasteiger partial charge in [-0.2, -0.15) is 0 Å². The molecule has 0 saturated heterocycles. The van der Waals surface area contributed by atoms with E-state index in [-0.39, 0.29) is 24.9 Å². The van der Waals surface area contributed by atoms with E-state index >= 15 is 0 Å². The zero-order chi connectivity index (χ0) is 22.3. The van der Waals surface area contributed by atoms with Crippen LogP contribution in [-0.4, -0.2) is 39.8 Å². The van der Waals surface area contributed by atoms with Gasteiger partial charge >= 0.3 is 0 Å². The Bertz CT molecular complexity index is 973. The topological polar surface area (TPSA) is 75.7 Å². The van der Waals surface area contributed by atoms with Gasteiger partial charge in [0.25, 0.3) is 0 Å². The zero-order valence-corrected chi connectivity index (χ0v) is 19.3. The van der Waals surface area contributed by atoms with Crippen molar-refractivity contribution >= 4 is 21.6 Å². The predicted octanol–water partition coefficient (Wildman–Crippen LogP) is 3.74. The number of rotatable bonds is 10. The van der Waals surface area contributed by atoms with Gasteiger partial charge in [-0.3, -0.25) is 9.10 Å². The van der Waals surface area contributed by atoms with Gasteiger partial charge < -0.3 is 10.1 Å². The minimum Gasteiger partial charge on any atom is -0.491 e. The first-order chi connectivity index (χ1) is 14.1. The van der Waals surface area contributed by atoms with Crippen LogP contribution in [0.3, 0.4) is 0 Å². The molecule has 1 N–H and O–H groups in total. The first kappa shape index (κ1) is 23.7. The Hall–Kier alpha value is -2.54. The molecule has 0 saturated carbocycles. The van der Waals surface area contributed by atoms with Crippen molar-refractivity contribution < 1.29 is 17.9 Å². The summed E-state index contributed by atoms with van der Waals surface area (Å²) < 4.78 is 31.8. The summed E-state index contributed by atoms with van der Waals surface area (Å²) >= 11 is 0. The number of hydrogen-bond acceptors (Lipinski definition) is 4. The quantitative estimate of drug-likeness (QED) is 0.621. The van der Waals surface area contributed by atoms with Crippen molar-refractivity contribution in [1.29, 1.82) is 0 Å². The largest absolute Gasteiger partial charge is 0.491 e. The van der Waals surface area contributed by atoms with Crippen molar-refractivity contribution in [3.63, 3.8) is 0 Å². The minimum atomic E-state index is -3.44. The van der Waals surface area contributed by atoms with E-state index in [4.69, 9.17) is 4.74 Å². The van der Waals surface area contributed by atoms with Gasteiger partial charge in [-0.25, -0.2) is 8.42 Å². The van der Waals surface area contributed by atoms with Gasteiger partial charge in [0.1, 0.15) is 12.4 Å². The van der Waals surface area contributed by atoms with Gasteiger partial charge in [-0.1, -0.05) is 30.3 Å². The van der Waals surface area contributed by atoms with E-state index in [1.807, 2.05) is 70.2 Å². The molecule has 30 heavy (non-hydrogen) atoms. The van der Waals surface area contributed by atoms with Gasteiger partial charge in [-0.05, 0) is 62.9 Å². The molecule has 0 aliphatic carbocycles. The molecular weight excluding hydrogens is 400 g/mol. The number of hydrogen-bond donors (Lipinski definition) is 1. The second kappa shape index (κ2) is 10.5. The third kappa shape index (κ3) is 7.06. The summed E-state index contributed by atoms with van der Waals surface area (Å²) in [5.74, 6) is 0.682. The second-order valence-corrected chi connectivity index (χ2v) is 9.68. The first-order valence-corrected chi connectivity index (χ1v) is 12.0. The third-order valence-corrected chi connectivity index (χ3v) is 5.97. The number of amides is 1. The van der Waals surface area contributed by atoms with E-state index < -0.39 is 10.0 Å². The predicted molar refractivity (Wildman–Crippen MR) is 122 cm³/mol. The molecule has 1 amide bonds. The van der Waals surface area contributed by atoms with Crippen molar-refractivity contribution in [2.45, 2.75) is 46.6 Å². The molecule has 6 nitrogen and oxygen atoms in total. The van der Waals surface area contributed by atoms with Crippen LogP contribution < -0.4 is 14.4 Å². The van der Waals surface area contributed by atoms with Crippen LogP contribution in [0.2, 0.25) is 0 Å². The van der Waals surface area contributed by atoms with Gasteiger partial charge in [0.15, 0.2) is 0 Å². The number of nitrogens with zero attached hydrogens (tertiary/aromatic N) is 1. The zero-order valence-electron chi connectivity index (χ0n) is 18.4. The summed E-state index contributed by atoms with van der Waals surface area (Å²) in [4.78, 5) is 12.3. The molecule has 0 heterocycles. The lowest BCUT2D eigenvalue weighted by molar-refractivity contribution is -0.121. The molecule has 164 valence electrons. The lowest BCUT2D eigenvalue weighted by Crippen LogP contribution is -2.37. The average Bonchev–Trinajstić information content (AvgIpc) is 2.66. The van der Waals surface area contributed by atoms with Crippen LogP contribution in [0.5, 0.6) is 5.75 Å². The van der Waals surface area contributed by atoms with Crippen molar-refractivity contribution in [1.82, 2.24) is 5.32 Å². The molecular formula is C23H32N2O4S. The molecule has 1 atom stereocenters. The molecule has 2 aromatic carbocycles. The highest BCUT2D eigenvalue weighted by atomic mass is 32.2. The Kier molecular flexibility index (Phi) is 8.29. The van der Waals surface area contributed by atoms with Crippen molar-refractivity contribution in [3.05, 3.63) is 59.2 Å². The second-order valence-electron chi connectivity index (χ2n) is 7.77. The summed E-state index contributed by atoms with van der Waals surface area (Å²) in [6.07, 6.45) is 1.86. The lowest BCUT2D eigenvalue weighted by atomic mass is 10.1. The van der Waals surface area contributed by atoms with Crippen molar-refractivity contribution in [2.75, 3.05) is 23.7 Å². The monoisotopic (exact) mass is 432 g/mol. The van der Waals surface area contributed by atoms with Crippen molar-refractivity contribution in [2.24, 2.45) is 0 Å². The number of anilines is 1. The fraction of sp³-hybridized carbons (Fsp3) is 0.435. The highest BCUT2D eigenvalue weighted by molar-refractivity contribution is 7.92. The van der Waals surface area contributed by atoms with Crippen molar-refractivity contribution in [3.8, 4) is 5.75 Å². The molecule has 0 unspecified atom stereocenters. The Labute approximate surface area is 180 Å². The normalized spacial score (nSPS) is 12.3. The van der Waals surface area contributed by atoms with E-state index in [2.05, 4.69) is 5.32 Å². The van der Waals surface area contributed by atoms with Gasteiger partial charge in [0, 0.05) is 13.0 Å². The Morgan fingerprint density at radius 2 is 1.80 bits per heavy atom. The summed E-state index contributed by atoms with van der Waals surface area (Å²) in [6, 6.07) is 13.3. The maximum atomic E-state index is 12.3. The lowest BCUT2D eigenvalue weighted by Gasteiger charge is -2.24. The molecule has 0 aromatic heterocycles. The van der Waals surface area contributed by atoms with Gasteiger partial charge in [0.2, 0.25) is 15.9 Å². The maximum Gasteiger partial charge on any atom is 0.232 e. The molecule has 0 aliphatic heterocycles. The van der Waals surface area contributed by atoms with Crippen LogP contribution in [-0.2, 0) is 14.8 Å². The van der Waals surface area contributed by atoms with Crippen LogP contribution in [0, 0.1) is 20.8 Å². The summed E-state index contributed by atoms with van der Waals surface area (Å²) in [5, 5.41) is 2.91. The molecule has 0 bridgehead atoms. The molecule has 0 fully saturated rings. The Balaban J connectivity index is 1.86. The number of carbonyl (C=O) groups excluding carboxylic acids is 1. The SMILES string of the molecule is Cc1ccc(C)c(N(CCCC(=O)N[C@@H](C)COc2ccccc2C)S(C)(=O)=O)c1. The van der Waals surface area contributed by atoms with Crippen LogP contribution in [0.25, 0.3) is 0 Å². The van der Waals surface area contributed by atoms with E-state index in [9.17, 15) is 13.2 Å². The Morgan fingerprint density at radius 3 is 2.47 bits per heavy atom. The highest BCUT2D eigenvalue weighted by Crippen LogP contribution is 2.24. The van der Waals surface area contributed by atoms with Gasteiger partial charge in [0.05, 0.1) is 18.0 Å². The summed E-state index contributed by atoms with van der Waals surface area (Å²) in [6.45, 7) is 8.30. The number of sulfonamides is 1. The smallest absolute Gasteiger partial charge is 0.232 e. The number of para-hydroxylation sites is 1. The number of aryl methyl sites for hydroxylation is 3. The molecule has 7 heteroatoms. The van der Waals surface area contributed by atoms with Gasteiger partial charge in [-0.15, -0.1) is 0 Å². The van der Waals surface area contributed by atoms with E-state index in [1.54, 1.807) is 0 Å². The number of benzene rings is 2. The first-order valence-electron chi connectivity index (χ1n) is 10.1. The van der Waals surface area contributed by atoms with E-state index in [0.717, 1.165) is 22.4 Å². The van der Waals surface area contributed by atoms with Crippen LogP contribution in [0.1, 0.15) is 36.5 Å². The fourth-order valence-corrected chi connectivity index (χ4v) is 4.17. The molecule has 0 spiro atoms. The molecule has 2 aromatic rings. The number of nitrogens with one attached hydrogen (secondary N) is 1. The maximum absolute atomic E-state index is 12.3. The average molecular weight is 433 g/mol. The summed E-state index contributed by atoms with van der Waals surface area (Å²) in [5.41, 5.74) is 3.59. The van der Waals surface area contributed by atoms with Crippen LogP contribution in [0.4, 0.5) is 5.69 Å². The third-order valence-electron chi connectivity index (χ3n) is 4.79. The molecule has 0 aliphatic rings. The highest BCUT2D eigenvalue weighted by Gasteiger charge is 2.20. The summed E-state index contributed by atoms with van der Waals surface area (Å²) in [7, 11) is -3.44. The minimum absolute atomic E-state index is 0.120. The Morgan fingerprint density at radius 1 is 1.10 bits per heavy atom. The van der Waals surface area contributed by atoms with Crippen LogP contribution in [0.15, 0.2) is 42.5 Å². The van der Waals surface area contributed by atoms with E-state index in [0.29, 0.717) is 18.7 Å². The molecule has 0 radical (unpaired) electrons. The number of carbonyl (C=O) groups is 1. The standard InChI is InChI=1S/C23H32N2O4S/c1-17-12-13-18(2)21(15-17)25(30(5,27)28)14-8-11-23(26)24-20(4)16-29-22-10-7-6-9-19(22)3/h6-7,9-10,12-13,15,20H,8,11,14,16H2,1-5H3,(H,24,26)/t20-/m0/s1. The number of ether oxygens (including phenoxy) is 1. The van der Waals surface area contributed by atoms with Crippen LogP contribution >= 0.6 is 0 Å². The fourth-order valence-electron chi connectivity index (χ4n) is 3.16. The van der Waals surface area contributed by atoms with E-state index in [1.165, 1.54) is 10.6 Å². The molecule has 2 rings (SSSR count).